The first-order valence-electron chi connectivity index (χ1n) is 5.91. The van der Waals surface area contributed by atoms with Gasteiger partial charge in [0, 0.05) is 11.1 Å². The van der Waals surface area contributed by atoms with E-state index in [1.165, 1.54) is 17.7 Å². The summed E-state index contributed by atoms with van der Waals surface area (Å²) in [6, 6.07) is 14.1. The number of aryl methyl sites for hydroxylation is 1. The van der Waals surface area contributed by atoms with Crippen molar-refractivity contribution in [3.05, 3.63) is 70.5 Å². The molecule has 94 valence electrons. The largest absolute Gasteiger partial charge is 0.324 e. The minimum absolute atomic E-state index is 0.242. The molecule has 0 radical (unpaired) electrons. The van der Waals surface area contributed by atoms with Gasteiger partial charge in [0.2, 0.25) is 0 Å². The molecule has 0 aliphatic heterocycles. The molecule has 0 amide bonds. The summed E-state index contributed by atoms with van der Waals surface area (Å²) in [6.07, 6.45) is 1.60. The fraction of sp³-hybridized carbons (Fsp3) is 0.200. The van der Waals surface area contributed by atoms with Crippen LogP contribution in [0.25, 0.3) is 0 Å². The van der Waals surface area contributed by atoms with Gasteiger partial charge < -0.3 is 5.73 Å². The van der Waals surface area contributed by atoms with E-state index in [4.69, 9.17) is 17.3 Å². The fourth-order valence-electron chi connectivity index (χ4n) is 1.92. The van der Waals surface area contributed by atoms with Gasteiger partial charge in [0.15, 0.2) is 0 Å². The van der Waals surface area contributed by atoms with Crippen LogP contribution in [0, 0.1) is 5.82 Å². The molecule has 2 aromatic carbocycles. The summed E-state index contributed by atoms with van der Waals surface area (Å²) in [5.74, 6) is -0.301. The van der Waals surface area contributed by atoms with E-state index >= 15 is 0 Å². The second-order valence-corrected chi connectivity index (χ2v) is 4.70. The molecule has 1 unspecified atom stereocenters. The Hall–Kier alpha value is -1.38. The second kappa shape index (κ2) is 5.98. The molecule has 3 heteroatoms. The maximum atomic E-state index is 13.2. The van der Waals surface area contributed by atoms with Gasteiger partial charge in [-0.25, -0.2) is 4.39 Å². The maximum Gasteiger partial charge on any atom is 0.123 e. The van der Waals surface area contributed by atoms with Crippen LogP contribution >= 0.6 is 11.6 Å². The van der Waals surface area contributed by atoms with Crippen LogP contribution < -0.4 is 5.73 Å². The summed E-state index contributed by atoms with van der Waals surface area (Å²) < 4.78 is 13.2. The van der Waals surface area contributed by atoms with Gasteiger partial charge in [-0.1, -0.05) is 41.9 Å². The Kier molecular flexibility index (Phi) is 4.34. The first-order valence-corrected chi connectivity index (χ1v) is 6.29. The first kappa shape index (κ1) is 13.1. The molecule has 1 nitrogen and oxygen atoms in total. The van der Waals surface area contributed by atoms with Crippen molar-refractivity contribution >= 4 is 11.6 Å². The SMILES string of the molecule is NC(CCc1ccccc1)c1cc(F)ccc1Cl. The highest BCUT2D eigenvalue weighted by Gasteiger charge is 2.11. The van der Waals surface area contributed by atoms with E-state index in [9.17, 15) is 4.39 Å². The third-order valence-electron chi connectivity index (χ3n) is 2.94. The molecule has 0 fully saturated rings. The molecule has 0 bridgehead atoms. The monoisotopic (exact) mass is 263 g/mol. The van der Waals surface area contributed by atoms with E-state index in [-0.39, 0.29) is 11.9 Å². The lowest BCUT2D eigenvalue weighted by Gasteiger charge is -2.13. The van der Waals surface area contributed by atoms with Crippen molar-refractivity contribution < 1.29 is 4.39 Å². The molecule has 2 rings (SSSR count). The highest BCUT2D eigenvalue weighted by molar-refractivity contribution is 6.31. The van der Waals surface area contributed by atoms with Gasteiger partial charge in [0.25, 0.3) is 0 Å². The third kappa shape index (κ3) is 3.31. The Morgan fingerprint density at radius 2 is 1.83 bits per heavy atom. The number of halogens is 2. The minimum atomic E-state index is -0.301. The van der Waals surface area contributed by atoms with Gasteiger partial charge in [-0.05, 0) is 42.2 Å². The van der Waals surface area contributed by atoms with Gasteiger partial charge >= 0.3 is 0 Å². The predicted octanol–water partition coefficient (Wildman–Crippen LogP) is 4.11. The number of benzene rings is 2. The quantitative estimate of drug-likeness (QED) is 0.883. The van der Waals surface area contributed by atoms with Crippen LogP contribution in [0.2, 0.25) is 5.02 Å². The summed E-state index contributed by atoms with van der Waals surface area (Å²) >= 11 is 6.03. The lowest BCUT2D eigenvalue weighted by molar-refractivity contribution is 0.609. The molecule has 2 N–H and O–H groups in total. The molecule has 0 aliphatic carbocycles. The molecule has 2 aromatic rings. The number of hydrogen-bond donors (Lipinski definition) is 1. The molecule has 0 aliphatic rings. The van der Waals surface area contributed by atoms with Crippen LogP contribution in [0.1, 0.15) is 23.6 Å². The normalized spacial score (nSPS) is 12.4. The van der Waals surface area contributed by atoms with E-state index in [0.29, 0.717) is 10.6 Å². The van der Waals surface area contributed by atoms with E-state index in [2.05, 4.69) is 12.1 Å². The van der Waals surface area contributed by atoms with Crippen LogP contribution in [0.15, 0.2) is 48.5 Å². The Balaban J connectivity index is 2.03. The lowest BCUT2D eigenvalue weighted by Crippen LogP contribution is -2.12. The lowest BCUT2D eigenvalue weighted by atomic mass is 9.99. The Bertz CT molecular complexity index is 513. The number of nitrogens with two attached hydrogens (primary N) is 1. The maximum absolute atomic E-state index is 13.2. The average molecular weight is 264 g/mol. The zero-order chi connectivity index (χ0) is 13.0. The Morgan fingerprint density at radius 3 is 2.56 bits per heavy atom. The van der Waals surface area contributed by atoms with E-state index in [1.807, 2.05) is 18.2 Å². The van der Waals surface area contributed by atoms with Crippen molar-refractivity contribution in [1.82, 2.24) is 0 Å². The third-order valence-corrected chi connectivity index (χ3v) is 3.29. The zero-order valence-corrected chi connectivity index (χ0v) is 10.7. The minimum Gasteiger partial charge on any atom is -0.324 e. The smallest absolute Gasteiger partial charge is 0.123 e. The predicted molar refractivity (Wildman–Crippen MR) is 73.1 cm³/mol. The van der Waals surface area contributed by atoms with Crippen LogP contribution in [0.4, 0.5) is 4.39 Å². The van der Waals surface area contributed by atoms with Crippen LogP contribution in [-0.4, -0.2) is 0 Å². The summed E-state index contributed by atoms with van der Waals surface area (Å²) in [5.41, 5.74) is 7.96. The average Bonchev–Trinajstić information content (AvgIpc) is 2.40. The van der Waals surface area contributed by atoms with Gasteiger partial charge in [-0.3, -0.25) is 0 Å². The summed E-state index contributed by atoms with van der Waals surface area (Å²) in [4.78, 5) is 0. The summed E-state index contributed by atoms with van der Waals surface area (Å²) in [7, 11) is 0. The van der Waals surface area contributed by atoms with Gasteiger partial charge in [-0.15, -0.1) is 0 Å². The highest BCUT2D eigenvalue weighted by Crippen LogP contribution is 2.25. The van der Waals surface area contributed by atoms with Gasteiger partial charge in [0.1, 0.15) is 5.82 Å². The van der Waals surface area contributed by atoms with Crippen molar-refractivity contribution in [2.45, 2.75) is 18.9 Å². The molecule has 0 saturated carbocycles. The highest BCUT2D eigenvalue weighted by atomic mass is 35.5. The van der Waals surface area contributed by atoms with Gasteiger partial charge in [0.05, 0.1) is 0 Å². The first-order chi connectivity index (χ1) is 8.66. The molecule has 18 heavy (non-hydrogen) atoms. The molecular formula is C15H15ClFN. The standard InChI is InChI=1S/C15H15ClFN/c16-14-8-7-12(17)10-13(14)15(18)9-6-11-4-2-1-3-5-11/h1-5,7-8,10,15H,6,9,18H2. The van der Waals surface area contributed by atoms with Crippen molar-refractivity contribution in [2.75, 3.05) is 0 Å². The van der Waals surface area contributed by atoms with Crippen molar-refractivity contribution in [2.24, 2.45) is 5.73 Å². The van der Waals surface area contributed by atoms with E-state index in [0.717, 1.165) is 12.8 Å². The number of rotatable bonds is 4. The van der Waals surface area contributed by atoms with Crippen LogP contribution in [0.5, 0.6) is 0 Å². The molecule has 0 spiro atoms. The van der Waals surface area contributed by atoms with E-state index in [1.54, 1.807) is 6.07 Å². The topological polar surface area (TPSA) is 26.0 Å². The van der Waals surface area contributed by atoms with Crippen LogP contribution in [-0.2, 0) is 6.42 Å². The van der Waals surface area contributed by atoms with Crippen molar-refractivity contribution in [3.63, 3.8) is 0 Å². The summed E-state index contributed by atoms with van der Waals surface area (Å²) in [6.45, 7) is 0. The fourth-order valence-corrected chi connectivity index (χ4v) is 2.18. The molecule has 1 atom stereocenters. The Morgan fingerprint density at radius 1 is 1.11 bits per heavy atom. The van der Waals surface area contributed by atoms with Crippen LogP contribution in [0.3, 0.4) is 0 Å². The summed E-state index contributed by atoms with van der Waals surface area (Å²) in [5, 5.41) is 0.525. The van der Waals surface area contributed by atoms with E-state index < -0.39 is 0 Å². The second-order valence-electron chi connectivity index (χ2n) is 4.30. The molecule has 0 heterocycles. The molecular weight excluding hydrogens is 249 g/mol. The molecule has 0 aromatic heterocycles. The van der Waals surface area contributed by atoms with Crippen molar-refractivity contribution in [1.29, 1.82) is 0 Å². The zero-order valence-electron chi connectivity index (χ0n) is 9.94. The number of hydrogen-bond acceptors (Lipinski definition) is 1. The molecule has 0 saturated heterocycles. The van der Waals surface area contributed by atoms with Crippen molar-refractivity contribution in [3.8, 4) is 0 Å². The van der Waals surface area contributed by atoms with Gasteiger partial charge in [-0.2, -0.15) is 0 Å². The Labute approximate surface area is 111 Å².